The van der Waals surface area contributed by atoms with E-state index >= 15 is 0 Å². The van der Waals surface area contributed by atoms with Gasteiger partial charge in [0, 0.05) is 11.8 Å². The van der Waals surface area contributed by atoms with Crippen LogP contribution in [-0.4, -0.2) is 89.6 Å². The van der Waals surface area contributed by atoms with Gasteiger partial charge >= 0.3 is 0 Å². The first kappa shape index (κ1) is 25.6. The second-order valence-electron chi connectivity index (χ2n) is 9.78. The van der Waals surface area contributed by atoms with Gasteiger partial charge in [-0.3, -0.25) is 0 Å². The lowest BCUT2D eigenvalue weighted by molar-refractivity contribution is -0.304. The molecule has 6 rings (SSSR count). The summed E-state index contributed by atoms with van der Waals surface area (Å²) < 4.78 is 39.4. The van der Waals surface area contributed by atoms with Gasteiger partial charge in [0.05, 0.1) is 32.0 Å². The number of hydrogen-bond acceptors (Lipinski definition) is 12. The van der Waals surface area contributed by atoms with Gasteiger partial charge < -0.3 is 58.7 Å². The van der Waals surface area contributed by atoms with Crippen LogP contribution in [0.4, 0.5) is 0 Å². The van der Waals surface area contributed by atoms with Crippen LogP contribution in [0.1, 0.15) is 23.3 Å². The summed E-state index contributed by atoms with van der Waals surface area (Å²) >= 11 is 0. The van der Waals surface area contributed by atoms with Crippen molar-refractivity contribution in [1.29, 1.82) is 0 Å². The quantitative estimate of drug-likeness (QED) is 0.323. The van der Waals surface area contributed by atoms with E-state index < -0.39 is 61.4 Å². The van der Waals surface area contributed by atoms with E-state index in [1.807, 2.05) is 12.1 Å². The fraction of sp³-hybridized carbons (Fsp3) is 0.538. The second kappa shape index (κ2) is 10.5. The largest absolute Gasteiger partial charge is 0.454 e. The molecule has 0 bridgehead atoms. The molecule has 5 N–H and O–H groups in total. The zero-order valence-corrected chi connectivity index (χ0v) is 20.3. The Bertz CT molecular complexity index is 1140. The minimum Gasteiger partial charge on any atom is -0.454 e. The van der Waals surface area contributed by atoms with Crippen molar-refractivity contribution in [2.45, 2.75) is 42.9 Å². The van der Waals surface area contributed by atoms with E-state index in [-0.39, 0.29) is 26.8 Å². The van der Waals surface area contributed by atoms with Crippen molar-refractivity contribution in [3.63, 3.8) is 0 Å². The van der Waals surface area contributed by atoms with E-state index in [1.54, 1.807) is 24.3 Å². The monoisotopic (exact) mass is 534 g/mol. The number of rotatable bonds is 7. The molecule has 0 saturated carbocycles. The minimum atomic E-state index is -1.56. The van der Waals surface area contributed by atoms with Crippen LogP contribution in [0.5, 0.6) is 23.0 Å². The highest BCUT2D eigenvalue weighted by Gasteiger charge is 2.47. The van der Waals surface area contributed by atoms with Crippen LogP contribution in [0.3, 0.4) is 0 Å². The average molecular weight is 535 g/mol. The molecule has 2 aromatic carbocycles. The third-order valence-corrected chi connectivity index (χ3v) is 7.58. The Kier molecular flexibility index (Phi) is 7.05. The maximum absolute atomic E-state index is 11.4. The summed E-state index contributed by atoms with van der Waals surface area (Å²) in [6.45, 7) is -0.156. The molecule has 0 aliphatic carbocycles. The first-order valence-electron chi connectivity index (χ1n) is 12.5. The van der Waals surface area contributed by atoms with Crippen molar-refractivity contribution >= 4 is 0 Å². The number of aliphatic hydroxyl groups is 5. The van der Waals surface area contributed by atoms with E-state index in [0.717, 1.165) is 5.56 Å². The van der Waals surface area contributed by atoms with Crippen LogP contribution >= 0.6 is 0 Å². The number of fused-ring (bicyclic) bond motifs is 2. The third kappa shape index (κ3) is 4.56. The first-order chi connectivity index (χ1) is 18.4. The highest BCUT2D eigenvalue weighted by molar-refractivity contribution is 5.46. The zero-order chi connectivity index (χ0) is 26.4. The average Bonchev–Trinajstić information content (AvgIpc) is 3.69. The van der Waals surface area contributed by atoms with Crippen LogP contribution in [-0.2, 0) is 14.2 Å². The fourth-order valence-corrected chi connectivity index (χ4v) is 5.41. The summed E-state index contributed by atoms with van der Waals surface area (Å²) in [5.74, 6) is 1.49. The van der Waals surface area contributed by atoms with Crippen molar-refractivity contribution in [3.05, 3.63) is 47.5 Å². The van der Waals surface area contributed by atoms with Gasteiger partial charge in [0.1, 0.15) is 24.4 Å². The lowest BCUT2D eigenvalue weighted by Crippen LogP contribution is -2.59. The molecule has 4 aliphatic rings. The number of benzene rings is 2. The molecular weight excluding hydrogens is 504 g/mol. The second-order valence-corrected chi connectivity index (χ2v) is 9.78. The summed E-state index contributed by atoms with van der Waals surface area (Å²) in [5.41, 5.74) is 1.41. The summed E-state index contributed by atoms with van der Waals surface area (Å²) in [4.78, 5) is 0. The van der Waals surface area contributed by atoms with E-state index in [0.29, 0.717) is 28.6 Å². The molecule has 12 heteroatoms. The molecule has 0 radical (unpaired) electrons. The highest BCUT2D eigenvalue weighted by Crippen LogP contribution is 2.47. The van der Waals surface area contributed by atoms with Gasteiger partial charge in [-0.05, 0) is 35.4 Å². The Hall–Kier alpha value is -2.68. The van der Waals surface area contributed by atoms with Gasteiger partial charge in [0.2, 0.25) is 13.6 Å². The molecule has 206 valence electrons. The number of ether oxygens (including phenoxy) is 7. The molecule has 2 fully saturated rings. The van der Waals surface area contributed by atoms with Crippen LogP contribution in [0.2, 0.25) is 0 Å². The SMILES string of the molecule is OC[C@H]1O[C@@H](OC[C@@H]2[C@H]([C@H](O)c3ccc4c(c3)OCO4)CO[C@@H]2c2ccc3c(c2)OCO3)[C@H](O)[C@@H](O)[C@@H]1O. The molecule has 38 heavy (non-hydrogen) atoms. The predicted octanol–water partition coefficient (Wildman–Crippen LogP) is -0.00220. The van der Waals surface area contributed by atoms with E-state index in [2.05, 4.69) is 0 Å². The van der Waals surface area contributed by atoms with Gasteiger partial charge in [-0.25, -0.2) is 0 Å². The van der Waals surface area contributed by atoms with Gasteiger partial charge in [0.25, 0.3) is 0 Å². The lowest BCUT2D eigenvalue weighted by Gasteiger charge is -2.40. The Balaban J connectivity index is 1.25. The highest BCUT2D eigenvalue weighted by atomic mass is 16.7. The molecule has 2 saturated heterocycles. The van der Waals surface area contributed by atoms with Crippen molar-refractivity contribution in [1.82, 2.24) is 0 Å². The summed E-state index contributed by atoms with van der Waals surface area (Å²) in [6, 6.07) is 10.7. The maximum atomic E-state index is 11.4. The normalized spacial score (nSPS) is 34.4. The predicted molar refractivity (Wildman–Crippen MR) is 125 cm³/mol. The minimum absolute atomic E-state index is 0.0337. The van der Waals surface area contributed by atoms with Crippen molar-refractivity contribution in [3.8, 4) is 23.0 Å². The topological polar surface area (TPSA) is 166 Å². The molecular formula is C26H30O12. The first-order valence-corrected chi connectivity index (χ1v) is 12.5. The standard InChI is InChI=1S/C26H30O12/c27-7-20-22(29)23(30)24(31)26(38-20)33-9-15-14(21(28)12-1-3-16-18(5-12)36-10-34-16)8-32-25(15)13-2-4-17-19(6-13)37-11-35-17/h1-6,14-15,20-31H,7-11H2/t14-,15-,20-,21-,22-,23+,24-,25-,26-/m1/s1. The summed E-state index contributed by atoms with van der Waals surface area (Å²) in [6.07, 6.45) is -8.48. The van der Waals surface area contributed by atoms with Gasteiger partial charge in [0.15, 0.2) is 29.3 Å². The number of aliphatic hydroxyl groups excluding tert-OH is 5. The number of hydrogen-bond donors (Lipinski definition) is 5. The molecule has 4 aliphatic heterocycles. The van der Waals surface area contributed by atoms with Gasteiger partial charge in [-0.1, -0.05) is 12.1 Å². The molecule has 0 unspecified atom stereocenters. The van der Waals surface area contributed by atoms with Gasteiger partial charge in [-0.15, -0.1) is 0 Å². The van der Waals surface area contributed by atoms with Crippen LogP contribution < -0.4 is 18.9 Å². The van der Waals surface area contributed by atoms with E-state index in [4.69, 9.17) is 33.2 Å². The van der Waals surface area contributed by atoms with E-state index in [1.165, 1.54) is 0 Å². The molecule has 9 atom stereocenters. The van der Waals surface area contributed by atoms with Crippen LogP contribution in [0, 0.1) is 11.8 Å². The molecule has 4 heterocycles. The maximum Gasteiger partial charge on any atom is 0.231 e. The summed E-state index contributed by atoms with van der Waals surface area (Å²) in [7, 11) is 0. The van der Waals surface area contributed by atoms with Gasteiger partial charge in [-0.2, -0.15) is 0 Å². The lowest BCUT2D eigenvalue weighted by atomic mass is 9.82. The Morgan fingerprint density at radius 3 is 2.26 bits per heavy atom. The van der Waals surface area contributed by atoms with Crippen molar-refractivity contribution in [2.75, 3.05) is 33.4 Å². The van der Waals surface area contributed by atoms with Crippen LogP contribution in [0.25, 0.3) is 0 Å². The molecule has 0 aromatic heterocycles. The molecule has 2 aromatic rings. The Morgan fingerprint density at radius 2 is 1.53 bits per heavy atom. The third-order valence-electron chi connectivity index (χ3n) is 7.58. The van der Waals surface area contributed by atoms with Crippen LogP contribution in [0.15, 0.2) is 36.4 Å². The smallest absolute Gasteiger partial charge is 0.231 e. The summed E-state index contributed by atoms with van der Waals surface area (Å²) in [5, 5.41) is 51.6. The van der Waals surface area contributed by atoms with E-state index in [9.17, 15) is 25.5 Å². The Morgan fingerprint density at radius 1 is 0.842 bits per heavy atom. The Labute approximate surface area is 217 Å². The molecule has 0 amide bonds. The van der Waals surface area contributed by atoms with Crippen molar-refractivity contribution < 1.29 is 58.7 Å². The zero-order valence-electron chi connectivity index (χ0n) is 20.3. The molecule has 12 nitrogen and oxygen atoms in total. The fourth-order valence-electron chi connectivity index (χ4n) is 5.41. The van der Waals surface area contributed by atoms with Crippen molar-refractivity contribution in [2.24, 2.45) is 11.8 Å². The molecule has 0 spiro atoms.